The Bertz CT molecular complexity index is 541. The summed E-state index contributed by atoms with van der Waals surface area (Å²) in [4.78, 5) is 2.23. The molecule has 0 aromatic heterocycles. The van der Waals surface area contributed by atoms with Gasteiger partial charge in [0.05, 0.1) is 16.3 Å². The van der Waals surface area contributed by atoms with Crippen molar-refractivity contribution < 1.29 is 8.42 Å². The third kappa shape index (κ3) is 3.39. The van der Waals surface area contributed by atoms with Crippen LogP contribution >= 0.6 is 0 Å². The van der Waals surface area contributed by atoms with Crippen LogP contribution in [0.4, 0.5) is 11.4 Å². The molecule has 1 unspecified atom stereocenters. The van der Waals surface area contributed by atoms with Gasteiger partial charge in [0.15, 0.2) is 0 Å². The van der Waals surface area contributed by atoms with Crippen molar-refractivity contribution in [2.45, 2.75) is 31.7 Å². The SMILES string of the molecule is CNS(=O)(=O)c1ccc(N)c(N(C)C(C)C(C)C)c1. The molecule has 1 rings (SSSR count). The van der Waals surface area contributed by atoms with Crippen LogP contribution in [0.1, 0.15) is 20.8 Å². The van der Waals surface area contributed by atoms with Gasteiger partial charge in [-0.05, 0) is 38.1 Å². The summed E-state index contributed by atoms with van der Waals surface area (Å²) in [5, 5.41) is 0. The molecule has 0 saturated heterocycles. The summed E-state index contributed by atoms with van der Waals surface area (Å²) >= 11 is 0. The zero-order chi connectivity index (χ0) is 14.8. The van der Waals surface area contributed by atoms with Crippen molar-refractivity contribution in [3.8, 4) is 0 Å². The first kappa shape index (κ1) is 15.8. The minimum atomic E-state index is -3.45. The summed E-state index contributed by atoms with van der Waals surface area (Å²) in [6.45, 7) is 6.32. The summed E-state index contributed by atoms with van der Waals surface area (Å²) < 4.78 is 25.9. The van der Waals surface area contributed by atoms with Crippen molar-refractivity contribution in [3.63, 3.8) is 0 Å². The molecule has 1 aromatic carbocycles. The van der Waals surface area contributed by atoms with Gasteiger partial charge >= 0.3 is 0 Å². The van der Waals surface area contributed by atoms with Crippen molar-refractivity contribution in [1.82, 2.24) is 4.72 Å². The highest BCUT2D eigenvalue weighted by atomic mass is 32.2. The van der Waals surface area contributed by atoms with Crippen molar-refractivity contribution in [1.29, 1.82) is 0 Å². The fourth-order valence-corrected chi connectivity index (χ4v) is 2.53. The summed E-state index contributed by atoms with van der Waals surface area (Å²) in [5.74, 6) is 0.439. The molecule has 0 aliphatic heterocycles. The third-order valence-corrected chi connectivity index (χ3v) is 4.95. The van der Waals surface area contributed by atoms with Crippen LogP contribution in [-0.4, -0.2) is 28.6 Å². The van der Waals surface area contributed by atoms with E-state index in [2.05, 4.69) is 25.5 Å². The molecule has 0 aliphatic rings. The summed E-state index contributed by atoms with van der Waals surface area (Å²) in [6.07, 6.45) is 0. The maximum absolute atomic E-state index is 11.8. The van der Waals surface area contributed by atoms with E-state index in [1.165, 1.54) is 13.1 Å². The number of sulfonamides is 1. The van der Waals surface area contributed by atoms with E-state index in [1.54, 1.807) is 12.1 Å². The minimum Gasteiger partial charge on any atom is -0.397 e. The highest BCUT2D eigenvalue weighted by Gasteiger charge is 2.19. The number of nitrogen functional groups attached to an aromatic ring is 1. The van der Waals surface area contributed by atoms with E-state index in [-0.39, 0.29) is 10.9 Å². The van der Waals surface area contributed by atoms with Crippen LogP contribution in [0.3, 0.4) is 0 Å². The van der Waals surface area contributed by atoms with Gasteiger partial charge in [0.2, 0.25) is 10.0 Å². The van der Waals surface area contributed by atoms with Crippen LogP contribution in [0, 0.1) is 5.92 Å². The number of rotatable bonds is 5. The number of benzene rings is 1. The Morgan fingerprint density at radius 1 is 1.26 bits per heavy atom. The highest BCUT2D eigenvalue weighted by Crippen LogP contribution is 2.28. The Hall–Kier alpha value is -1.27. The fourth-order valence-electron chi connectivity index (χ4n) is 1.78. The zero-order valence-electron chi connectivity index (χ0n) is 12.1. The van der Waals surface area contributed by atoms with E-state index in [9.17, 15) is 8.42 Å². The number of nitrogens with one attached hydrogen (secondary N) is 1. The number of anilines is 2. The summed E-state index contributed by atoms with van der Waals surface area (Å²) in [7, 11) is -0.132. The Kier molecular flexibility index (Phi) is 4.81. The molecule has 1 atom stereocenters. The molecule has 5 nitrogen and oxygen atoms in total. The van der Waals surface area contributed by atoms with E-state index in [4.69, 9.17) is 5.73 Å². The molecule has 0 bridgehead atoms. The van der Waals surface area contributed by atoms with Gasteiger partial charge in [-0.2, -0.15) is 0 Å². The number of nitrogens with zero attached hydrogens (tertiary/aromatic N) is 1. The molecular formula is C13H23N3O2S. The average molecular weight is 285 g/mol. The van der Waals surface area contributed by atoms with Gasteiger partial charge in [0, 0.05) is 13.1 Å². The molecule has 0 amide bonds. The maximum atomic E-state index is 11.8. The Labute approximate surface area is 115 Å². The fraction of sp³-hybridized carbons (Fsp3) is 0.538. The Balaban J connectivity index is 3.25. The lowest BCUT2D eigenvalue weighted by Crippen LogP contribution is -2.33. The Morgan fingerprint density at radius 3 is 2.32 bits per heavy atom. The molecule has 6 heteroatoms. The van der Waals surface area contributed by atoms with Gasteiger partial charge in [-0.3, -0.25) is 0 Å². The standard InChI is InChI=1S/C13H23N3O2S/c1-9(2)10(3)16(5)13-8-11(6-7-12(13)14)19(17,18)15-4/h6-10,15H,14H2,1-5H3. The van der Waals surface area contributed by atoms with E-state index >= 15 is 0 Å². The minimum absolute atomic E-state index is 0.224. The maximum Gasteiger partial charge on any atom is 0.240 e. The summed E-state index contributed by atoms with van der Waals surface area (Å²) in [6, 6.07) is 5.01. The predicted octanol–water partition coefficient (Wildman–Crippen LogP) is 1.66. The predicted molar refractivity (Wildman–Crippen MR) is 79.8 cm³/mol. The third-order valence-electron chi connectivity index (χ3n) is 3.54. The molecular weight excluding hydrogens is 262 g/mol. The second-order valence-corrected chi connectivity index (χ2v) is 6.91. The normalized spacial score (nSPS) is 13.6. The number of nitrogens with two attached hydrogens (primary N) is 1. The van der Waals surface area contributed by atoms with Crippen molar-refractivity contribution in [2.24, 2.45) is 5.92 Å². The van der Waals surface area contributed by atoms with E-state index in [0.29, 0.717) is 11.6 Å². The first-order valence-corrected chi connectivity index (χ1v) is 7.75. The molecule has 0 aliphatic carbocycles. The molecule has 0 heterocycles. The van der Waals surface area contributed by atoms with Crippen LogP contribution < -0.4 is 15.4 Å². The second-order valence-electron chi connectivity index (χ2n) is 5.02. The molecule has 0 saturated carbocycles. The van der Waals surface area contributed by atoms with Gasteiger partial charge in [0.25, 0.3) is 0 Å². The number of hydrogen-bond donors (Lipinski definition) is 2. The van der Waals surface area contributed by atoms with Gasteiger partial charge in [-0.25, -0.2) is 13.1 Å². The van der Waals surface area contributed by atoms with Gasteiger partial charge in [0.1, 0.15) is 0 Å². The van der Waals surface area contributed by atoms with Crippen molar-refractivity contribution in [3.05, 3.63) is 18.2 Å². The van der Waals surface area contributed by atoms with Gasteiger partial charge in [-0.15, -0.1) is 0 Å². The summed E-state index contributed by atoms with van der Waals surface area (Å²) in [5.41, 5.74) is 7.26. The molecule has 0 spiro atoms. The first-order chi connectivity index (χ1) is 8.70. The lowest BCUT2D eigenvalue weighted by Gasteiger charge is -2.31. The van der Waals surface area contributed by atoms with E-state index in [0.717, 1.165) is 5.69 Å². The molecule has 108 valence electrons. The Morgan fingerprint density at radius 2 is 1.84 bits per heavy atom. The zero-order valence-corrected chi connectivity index (χ0v) is 13.0. The molecule has 0 fully saturated rings. The second kappa shape index (κ2) is 5.79. The molecule has 19 heavy (non-hydrogen) atoms. The first-order valence-electron chi connectivity index (χ1n) is 6.26. The quantitative estimate of drug-likeness (QED) is 0.807. The lowest BCUT2D eigenvalue weighted by atomic mass is 10.0. The van der Waals surface area contributed by atoms with Gasteiger partial charge < -0.3 is 10.6 Å². The molecule has 3 N–H and O–H groups in total. The van der Waals surface area contributed by atoms with E-state index in [1.807, 2.05) is 11.9 Å². The van der Waals surface area contributed by atoms with Crippen molar-refractivity contribution in [2.75, 3.05) is 24.7 Å². The van der Waals surface area contributed by atoms with Crippen molar-refractivity contribution >= 4 is 21.4 Å². The van der Waals surface area contributed by atoms with Crippen LogP contribution in [0.15, 0.2) is 23.1 Å². The number of hydrogen-bond acceptors (Lipinski definition) is 4. The molecule has 0 radical (unpaired) electrons. The lowest BCUT2D eigenvalue weighted by molar-refractivity contribution is 0.505. The highest BCUT2D eigenvalue weighted by molar-refractivity contribution is 7.89. The van der Waals surface area contributed by atoms with Crippen LogP contribution in [0.2, 0.25) is 0 Å². The topological polar surface area (TPSA) is 75.4 Å². The van der Waals surface area contributed by atoms with E-state index < -0.39 is 10.0 Å². The van der Waals surface area contributed by atoms with Crippen LogP contribution in [0.25, 0.3) is 0 Å². The van der Waals surface area contributed by atoms with Gasteiger partial charge in [-0.1, -0.05) is 13.8 Å². The van der Waals surface area contributed by atoms with Crippen LogP contribution in [-0.2, 0) is 10.0 Å². The average Bonchev–Trinajstić information content (AvgIpc) is 2.37. The largest absolute Gasteiger partial charge is 0.397 e. The smallest absolute Gasteiger partial charge is 0.240 e. The monoisotopic (exact) mass is 285 g/mol. The molecule has 1 aromatic rings. The van der Waals surface area contributed by atoms with Crippen LogP contribution in [0.5, 0.6) is 0 Å².